The van der Waals surface area contributed by atoms with E-state index in [-0.39, 0.29) is 0 Å². The van der Waals surface area contributed by atoms with Gasteiger partial charge in [-0.2, -0.15) is 5.10 Å². The Morgan fingerprint density at radius 2 is 2.06 bits per heavy atom. The van der Waals surface area contributed by atoms with Crippen LogP contribution < -0.4 is 11.2 Å². The lowest BCUT2D eigenvalue weighted by Gasteiger charge is -1.99. The largest absolute Gasteiger partial charge is 0.361 e. The molecule has 0 atom stereocenters. The third-order valence-corrected chi connectivity index (χ3v) is 2.41. The maximum absolute atomic E-state index is 10.7. The molecule has 0 unspecified atom stereocenters. The summed E-state index contributed by atoms with van der Waals surface area (Å²) >= 11 is 11.6. The molecule has 1 aromatic carbocycles. The lowest BCUT2D eigenvalue weighted by molar-refractivity contribution is -0.137. The SMILES string of the molecule is NC(=O)C(=O)N/N=C/c1cccc(Cl)c1Cl. The van der Waals surface area contributed by atoms with Gasteiger partial charge in [0.05, 0.1) is 16.3 Å². The zero-order valence-electron chi connectivity index (χ0n) is 7.91. The normalized spacial score (nSPS) is 10.4. The van der Waals surface area contributed by atoms with Crippen LogP contribution in [0.4, 0.5) is 0 Å². The molecule has 0 fully saturated rings. The first-order valence-electron chi connectivity index (χ1n) is 4.09. The van der Waals surface area contributed by atoms with E-state index in [1.54, 1.807) is 18.2 Å². The first-order chi connectivity index (χ1) is 7.52. The molecule has 0 aromatic heterocycles. The topological polar surface area (TPSA) is 84.5 Å². The van der Waals surface area contributed by atoms with E-state index >= 15 is 0 Å². The summed E-state index contributed by atoms with van der Waals surface area (Å²) in [6.45, 7) is 0. The molecule has 16 heavy (non-hydrogen) atoms. The number of nitrogens with two attached hydrogens (primary N) is 1. The van der Waals surface area contributed by atoms with Gasteiger partial charge in [0, 0.05) is 5.56 Å². The highest BCUT2D eigenvalue weighted by Gasteiger charge is 2.06. The second-order valence-corrected chi connectivity index (χ2v) is 3.49. The van der Waals surface area contributed by atoms with Crippen molar-refractivity contribution < 1.29 is 9.59 Å². The summed E-state index contributed by atoms with van der Waals surface area (Å²) < 4.78 is 0. The second-order valence-electron chi connectivity index (χ2n) is 2.71. The molecule has 0 radical (unpaired) electrons. The number of benzene rings is 1. The minimum Gasteiger partial charge on any atom is -0.361 e. The van der Waals surface area contributed by atoms with E-state index in [9.17, 15) is 9.59 Å². The molecule has 0 bridgehead atoms. The van der Waals surface area contributed by atoms with E-state index in [1.807, 2.05) is 5.43 Å². The Balaban J connectivity index is 2.74. The Labute approximate surface area is 101 Å². The van der Waals surface area contributed by atoms with Gasteiger partial charge in [0.1, 0.15) is 0 Å². The summed E-state index contributed by atoms with van der Waals surface area (Å²) in [5.41, 5.74) is 7.14. The Hall–Kier alpha value is -1.59. The van der Waals surface area contributed by atoms with Crippen molar-refractivity contribution in [2.45, 2.75) is 0 Å². The van der Waals surface area contributed by atoms with Crippen molar-refractivity contribution in [1.29, 1.82) is 0 Å². The van der Waals surface area contributed by atoms with Gasteiger partial charge in [-0.15, -0.1) is 0 Å². The van der Waals surface area contributed by atoms with Gasteiger partial charge in [0.25, 0.3) is 0 Å². The van der Waals surface area contributed by atoms with Crippen molar-refractivity contribution in [3.63, 3.8) is 0 Å². The lowest BCUT2D eigenvalue weighted by atomic mass is 10.2. The minimum atomic E-state index is -1.12. The van der Waals surface area contributed by atoms with Crippen LogP contribution in [0.2, 0.25) is 10.0 Å². The fourth-order valence-electron chi connectivity index (χ4n) is 0.836. The highest BCUT2D eigenvalue weighted by atomic mass is 35.5. The van der Waals surface area contributed by atoms with E-state index in [2.05, 4.69) is 5.10 Å². The van der Waals surface area contributed by atoms with Crippen molar-refractivity contribution in [3.05, 3.63) is 33.8 Å². The molecule has 2 amide bonds. The molecule has 0 saturated carbocycles. The molecule has 1 aromatic rings. The predicted octanol–water partition coefficient (Wildman–Crippen LogP) is 0.929. The van der Waals surface area contributed by atoms with Crippen LogP contribution in [-0.4, -0.2) is 18.0 Å². The number of carbonyl (C=O) groups is 2. The molecule has 0 aliphatic carbocycles. The van der Waals surface area contributed by atoms with E-state index in [0.29, 0.717) is 15.6 Å². The van der Waals surface area contributed by atoms with Gasteiger partial charge in [-0.1, -0.05) is 35.3 Å². The summed E-state index contributed by atoms with van der Waals surface area (Å²) in [4.78, 5) is 21.1. The molecule has 1 rings (SSSR count). The number of hydrogen-bond acceptors (Lipinski definition) is 3. The quantitative estimate of drug-likeness (QED) is 0.471. The van der Waals surface area contributed by atoms with Crippen LogP contribution in [-0.2, 0) is 9.59 Å². The molecule has 0 saturated heterocycles. The van der Waals surface area contributed by atoms with Gasteiger partial charge in [-0.05, 0) is 6.07 Å². The van der Waals surface area contributed by atoms with Crippen LogP contribution in [0.15, 0.2) is 23.3 Å². The summed E-state index contributed by atoms with van der Waals surface area (Å²) in [6, 6.07) is 4.93. The average molecular weight is 260 g/mol. The number of amides is 2. The van der Waals surface area contributed by atoms with Crippen LogP contribution in [0.5, 0.6) is 0 Å². The van der Waals surface area contributed by atoms with E-state index in [1.165, 1.54) is 6.21 Å². The molecule has 0 aliphatic heterocycles. The average Bonchev–Trinajstić information content (AvgIpc) is 2.24. The summed E-state index contributed by atoms with van der Waals surface area (Å²) in [6.07, 6.45) is 1.26. The minimum absolute atomic E-state index is 0.307. The number of primary amides is 1. The molecule has 5 nitrogen and oxygen atoms in total. The maximum atomic E-state index is 10.7. The van der Waals surface area contributed by atoms with Crippen molar-refractivity contribution in [2.24, 2.45) is 10.8 Å². The van der Waals surface area contributed by atoms with Crippen LogP contribution in [0.3, 0.4) is 0 Å². The molecular weight excluding hydrogens is 253 g/mol. The number of carbonyl (C=O) groups excluding carboxylic acids is 2. The third kappa shape index (κ3) is 3.22. The number of nitrogens with one attached hydrogen (secondary N) is 1. The van der Waals surface area contributed by atoms with Gasteiger partial charge in [0.2, 0.25) is 0 Å². The molecule has 3 N–H and O–H groups in total. The van der Waals surface area contributed by atoms with E-state index < -0.39 is 11.8 Å². The molecule has 0 spiro atoms. The first kappa shape index (κ1) is 12.5. The van der Waals surface area contributed by atoms with Crippen molar-refractivity contribution >= 4 is 41.2 Å². The molecule has 84 valence electrons. The van der Waals surface area contributed by atoms with Gasteiger partial charge in [-0.25, -0.2) is 5.43 Å². The van der Waals surface area contributed by atoms with Gasteiger partial charge in [-0.3, -0.25) is 9.59 Å². The Bertz CT molecular complexity index is 460. The predicted molar refractivity (Wildman–Crippen MR) is 61.4 cm³/mol. The van der Waals surface area contributed by atoms with Crippen LogP contribution in [0.1, 0.15) is 5.56 Å². The van der Waals surface area contributed by atoms with Crippen LogP contribution >= 0.6 is 23.2 Å². The summed E-state index contributed by atoms with van der Waals surface area (Å²) in [7, 11) is 0. The van der Waals surface area contributed by atoms with Crippen molar-refractivity contribution in [2.75, 3.05) is 0 Å². The highest BCUT2D eigenvalue weighted by molar-refractivity contribution is 6.43. The van der Waals surface area contributed by atoms with Crippen molar-refractivity contribution in [3.8, 4) is 0 Å². The van der Waals surface area contributed by atoms with Gasteiger partial charge < -0.3 is 5.73 Å². The second kappa shape index (κ2) is 5.48. The van der Waals surface area contributed by atoms with E-state index in [4.69, 9.17) is 28.9 Å². The fourth-order valence-corrected chi connectivity index (χ4v) is 1.19. The number of nitrogens with zero attached hydrogens (tertiary/aromatic N) is 1. The molecular formula is C9H7Cl2N3O2. The Kier molecular flexibility index (Phi) is 4.28. The maximum Gasteiger partial charge on any atom is 0.329 e. The number of hydrazone groups is 1. The number of hydrogen-bond donors (Lipinski definition) is 2. The summed E-state index contributed by atoms with van der Waals surface area (Å²) in [5, 5.41) is 4.17. The third-order valence-electron chi connectivity index (χ3n) is 1.57. The molecule has 0 aliphatic rings. The first-order valence-corrected chi connectivity index (χ1v) is 4.85. The smallest absolute Gasteiger partial charge is 0.329 e. The Morgan fingerprint density at radius 3 is 2.69 bits per heavy atom. The van der Waals surface area contributed by atoms with Crippen LogP contribution in [0.25, 0.3) is 0 Å². The van der Waals surface area contributed by atoms with Crippen LogP contribution in [0, 0.1) is 0 Å². The zero-order valence-corrected chi connectivity index (χ0v) is 9.42. The monoisotopic (exact) mass is 259 g/mol. The Morgan fingerprint density at radius 1 is 1.38 bits per heavy atom. The van der Waals surface area contributed by atoms with Gasteiger partial charge in [0.15, 0.2) is 0 Å². The summed E-state index contributed by atoms with van der Waals surface area (Å²) in [5.74, 6) is -2.12. The number of halogens is 2. The van der Waals surface area contributed by atoms with E-state index in [0.717, 1.165) is 0 Å². The van der Waals surface area contributed by atoms with Gasteiger partial charge >= 0.3 is 11.8 Å². The lowest BCUT2D eigenvalue weighted by Crippen LogP contribution is -2.32. The standard InChI is InChI=1S/C9H7Cl2N3O2/c10-6-3-1-2-5(7(6)11)4-13-14-9(16)8(12)15/h1-4H,(H2,12,15)(H,14,16)/b13-4+. The molecule has 7 heteroatoms. The zero-order chi connectivity index (χ0) is 12.1. The fraction of sp³-hybridized carbons (Fsp3) is 0. The molecule has 0 heterocycles. The highest BCUT2D eigenvalue weighted by Crippen LogP contribution is 2.23. The number of rotatable bonds is 2. The van der Waals surface area contributed by atoms with Crippen molar-refractivity contribution in [1.82, 2.24) is 5.43 Å².